The molecule has 142 valence electrons. The van der Waals surface area contributed by atoms with Crippen molar-refractivity contribution in [1.29, 1.82) is 0 Å². The quantitative estimate of drug-likeness (QED) is 0.731. The van der Waals surface area contributed by atoms with Crippen LogP contribution in [0.15, 0.2) is 12.1 Å². The Bertz CT molecular complexity index is 687. The van der Waals surface area contributed by atoms with Crippen molar-refractivity contribution in [3.63, 3.8) is 0 Å². The number of hydrogen-bond acceptors (Lipinski definition) is 3. The van der Waals surface area contributed by atoms with E-state index in [1.807, 2.05) is 4.90 Å². The van der Waals surface area contributed by atoms with Gasteiger partial charge in [0.15, 0.2) is 0 Å². The highest BCUT2D eigenvalue weighted by Gasteiger charge is 2.26. The maximum absolute atomic E-state index is 13.7. The molecule has 2 aliphatic heterocycles. The molecule has 8 heteroatoms. The molecule has 3 rings (SSSR count). The number of piperidine rings is 1. The lowest BCUT2D eigenvalue weighted by molar-refractivity contribution is -0.133. The third-order valence-corrected chi connectivity index (χ3v) is 5.57. The first-order valence-corrected chi connectivity index (χ1v) is 9.65. The molecule has 5 nitrogen and oxygen atoms in total. The molecule has 2 fully saturated rings. The number of nitrogens with zero attached hydrogens (tertiary/aromatic N) is 3. The van der Waals surface area contributed by atoms with Gasteiger partial charge in [0.1, 0.15) is 5.82 Å². The van der Waals surface area contributed by atoms with E-state index in [0.29, 0.717) is 32.7 Å². The van der Waals surface area contributed by atoms with E-state index in [9.17, 15) is 14.0 Å². The minimum atomic E-state index is -0.662. The summed E-state index contributed by atoms with van der Waals surface area (Å²) in [7, 11) is 0. The monoisotopic (exact) mass is 401 g/mol. The maximum atomic E-state index is 13.7. The van der Waals surface area contributed by atoms with Gasteiger partial charge >= 0.3 is 0 Å². The number of piperazine rings is 1. The number of halogens is 3. The fourth-order valence-electron chi connectivity index (χ4n) is 3.40. The zero-order valence-electron chi connectivity index (χ0n) is 14.5. The molecule has 0 aliphatic carbocycles. The molecule has 2 aliphatic rings. The largest absolute Gasteiger partial charge is 0.342 e. The topological polar surface area (TPSA) is 43.9 Å². The molecule has 1 aromatic carbocycles. The summed E-state index contributed by atoms with van der Waals surface area (Å²) in [5.74, 6) is -0.815. The van der Waals surface area contributed by atoms with Gasteiger partial charge in [-0.2, -0.15) is 0 Å². The molecule has 0 aromatic heterocycles. The fourth-order valence-corrected chi connectivity index (χ4v) is 3.86. The Morgan fingerprint density at radius 2 is 1.54 bits per heavy atom. The van der Waals surface area contributed by atoms with Crippen LogP contribution >= 0.6 is 23.2 Å². The third-order valence-electron chi connectivity index (χ3n) is 4.97. The number of rotatable bonds is 3. The predicted octanol–water partition coefficient (Wildman–Crippen LogP) is 2.90. The lowest BCUT2D eigenvalue weighted by Gasteiger charge is -2.36. The smallest absolute Gasteiger partial charge is 0.255 e. The van der Waals surface area contributed by atoms with Crippen molar-refractivity contribution in [2.75, 3.05) is 45.8 Å². The van der Waals surface area contributed by atoms with Gasteiger partial charge < -0.3 is 9.80 Å². The van der Waals surface area contributed by atoms with Crippen molar-refractivity contribution in [2.24, 2.45) is 0 Å². The molecule has 0 saturated carbocycles. The number of likely N-dealkylation sites (tertiary alicyclic amines) is 1. The number of benzene rings is 1. The van der Waals surface area contributed by atoms with Crippen LogP contribution in [0.3, 0.4) is 0 Å². The summed E-state index contributed by atoms with van der Waals surface area (Å²) in [4.78, 5) is 30.6. The minimum Gasteiger partial charge on any atom is -0.342 e. The van der Waals surface area contributed by atoms with Crippen molar-refractivity contribution >= 4 is 35.0 Å². The molecular formula is C18H22Cl2FN3O2. The Morgan fingerprint density at radius 3 is 2.19 bits per heavy atom. The summed E-state index contributed by atoms with van der Waals surface area (Å²) >= 11 is 11.7. The van der Waals surface area contributed by atoms with Crippen LogP contribution in [-0.4, -0.2) is 72.3 Å². The number of carbonyl (C=O) groups excluding carboxylic acids is 2. The van der Waals surface area contributed by atoms with Crippen LogP contribution in [0.2, 0.25) is 10.0 Å². The Hall–Kier alpha value is -1.37. The molecule has 26 heavy (non-hydrogen) atoms. The Labute approximate surface area is 162 Å². The van der Waals surface area contributed by atoms with Crippen LogP contribution in [0.5, 0.6) is 0 Å². The molecule has 2 saturated heterocycles. The van der Waals surface area contributed by atoms with E-state index in [4.69, 9.17) is 23.2 Å². The standard InChI is InChI=1S/C18H22Cl2FN3O2/c19-14-11-15(20)16(21)10-13(14)18(26)24-8-6-22(7-9-24)12-17(25)23-4-2-1-3-5-23/h10-11H,1-9,12H2. The maximum Gasteiger partial charge on any atom is 0.255 e. The van der Waals surface area contributed by atoms with Crippen molar-refractivity contribution in [1.82, 2.24) is 14.7 Å². The predicted molar refractivity (Wildman–Crippen MR) is 99.2 cm³/mol. The van der Waals surface area contributed by atoms with Crippen LogP contribution in [0, 0.1) is 5.82 Å². The van der Waals surface area contributed by atoms with Crippen LogP contribution in [0.1, 0.15) is 29.6 Å². The molecule has 2 amide bonds. The lowest BCUT2D eigenvalue weighted by Crippen LogP contribution is -2.52. The fraction of sp³-hybridized carbons (Fsp3) is 0.556. The van der Waals surface area contributed by atoms with Gasteiger partial charge in [-0.25, -0.2) is 4.39 Å². The summed E-state index contributed by atoms with van der Waals surface area (Å²) in [5, 5.41) is 0.0386. The highest BCUT2D eigenvalue weighted by Crippen LogP contribution is 2.25. The van der Waals surface area contributed by atoms with Crippen molar-refractivity contribution in [2.45, 2.75) is 19.3 Å². The van der Waals surface area contributed by atoms with Gasteiger partial charge in [-0.05, 0) is 31.4 Å². The Morgan fingerprint density at radius 1 is 0.885 bits per heavy atom. The van der Waals surface area contributed by atoms with E-state index in [2.05, 4.69) is 4.90 Å². The van der Waals surface area contributed by atoms with Gasteiger partial charge in [-0.3, -0.25) is 14.5 Å². The molecular weight excluding hydrogens is 380 g/mol. The van der Waals surface area contributed by atoms with Gasteiger partial charge in [0.25, 0.3) is 5.91 Å². The van der Waals surface area contributed by atoms with E-state index < -0.39 is 5.82 Å². The van der Waals surface area contributed by atoms with Crippen LogP contribution in [0.25, 0.3) is 0 Å². The average molecular weight is 402 g/mol. The molecule has 2 heterocycles. The van der Waals surface area contributed by atoms with E-state index in [1.165, 1.54) is 12.5 Å². The van der Waals surface area contributed by atoms with E-state index in [-0.39, 0.29) is 27.4 Å². The summed E-state index contributed by atoms with van der Waals surface area (Å²) in [6, 6.07) is 2.33. The molecule has 0 radical (unpaired) electrons. The molecule has 1 aromatic rings. The van der Waals surface area contributed by atoms with Gasteiger partial charge in [0.05, 0.1) is 22.2 Å². The number of hydrogen-bond donors (Lipinski definition) is 0. The molecule has 0 unspecified atom stereocenters. The first kappa shape index (κ1) is 19.4. The summed E-state index contributed by atoms with van der Waals surface area (Å²) in [6.45, 7) is 4.26. The zero-order chi connectivity index (χ0) is 18.7. The average Bonchev–Trinajstić information content (AvgIpc) is 2.65. The van der Waals surface area contributed by atoms with Crippen LogP contribution in [0.4, 0.5) is 4.39 Å². The second kappa shape index (κ2) is 8.55. The summed E-state index contributed by atoms with van der Waals surface area (Å²) in [6.07, 6.45) is 3.34. The molecule has 0 bridgehead atoms. The van der Waals surface area contributed by atoms with Crippen LogP contribution in [-0.2, 0) is 4.79 Å². The van der Waals surface area contributed by atoms with E-state index in [0.717, 1.165) is 32.0 Å². The minimum absolute atomic E-state index is 0.104. The van der Waals surface area contributed by atoms with Crippen molar-refractivity contribution < 1.29 is 14.0 Å². The Balaban J connectivity index is 1.54. The first-order valence-electron chi connectivity index (χ1n) is 8.89. The third kappa shape index (κ3) is 4.48. The molecule has 0 atom stereocenters. The van der Waals surface area contributed by atoms with E-state index in [1.54, 1.807) is 4.90 Å². The first-order chi connectivity index (χ1) is 12.5. The highest BCUT2D eigenvalue weighted by atomic mass is 35.5. The summed E-state index contributed by atoms with van der Waals surface area (Å²) in [5.41, 5.74) is 0.117. The number of amides is 2. The normalized spacial score (nSPS) is 18.9. The summed E-state index contributed by atoms with van der Waals surface area (Å²) < 4.78 is 13.7. The lowest BCUT2D eigenvalue weighted by atomic mass is 10.1. The van der Waals surface area contributed by atoms with Crippen molar-refractivity contribution in [3.8, 4) is 0 Å². The molecule has 0 spiro atoms. The van der Waals surface area contributed by atoms with Gasteiger partial charge in [0.2, 0.25) is 5.91 Å². The van der Waals surface area contributed by atoms with Crippen molar-refractivity contribution in [3.05, 3.63) is 33.6 Å². The second-order valence-electron chi connectivity index (χ2n) is 6.76. The van der Waals surface area contributed by atoms with Gasteiger partial charge in [-0.1, -0.05) is 23.2 Å². The van der Waals surface area contributed by atoms with E-state index >= 15 is 0 Å². The van der Waals surface area contributed by atoms with Crippen LogP contribution < -0.4 is 0 Å². The molecule has 0 N–H and O–H groups in total. The number of carbonyl (C=O) groups is 2. The Kier molecular flexibility index (Phi) is 6.37. The van der Waals surface area contributed by atoms with Gasteiger partial charge in [0, 0.05) is 39.3 Å². The second-order valence-corrected chi connectivity index (χ2v) is 7.57. The zero-order valence-corrected chi connectivity index (χ0v) is 16.0. The highest BCUT2D eigenvalue weighted by molar-refractivity contribution is 6.36. The SMILES string of the molecule is O=C(CN1CCN(C(=O)c2cc(F)c(Cl)cc2Cl)CC1)N1CCCCC1. The van der Waals surface area contributed by atoms with Gasteiger partial charge in [-0.15, -0.1) is 0 Å².